The lowest BCUT2D eigenvalue weighted by molar-refractivity contribution is -0.137. The van der Waals surface area contributed by atoms with Crippen LogP contribution >= 0.6 is 0 Å². The minimum Gasteiger partial charge on any atom is -0.494 e. The zero-order chi connectivity index (χ0) is 15.6. The summed E-state index contributed by atoms with van der Waals surface area (Å²) in [6, 6.07) is 4.51. The van der Waals surface area contributed by atoms with Gasteiger partial charge in [-0.3, -0.25) is 9.78 Å². The molecule has 0 saturated carbocycles. The highest BCUT2D eigenvalue weighted by molar-refractivity contribution is 6.11. The minimum absolute atomic E-state index is 0.201. The molecule has 1 aromatic carbocycles. The van der Waals surface area contributed by atoms with E-state index in [1.54, 1.807) is 0 Å². The maximum atomic E-state index is 12.6. The van der Waals surface area contributed by atoms with Crippen molar-refractivity contribution in [3.63, 3.8) is 0 Å². The van der Waals surface area contributed by atoms with Gasteiger partial charge in [0.15, 0.2) is 5.78 Å². The second-order valence-electron chi connectivity index (χ2n) is 4.43. The normalized spacial score (nSPS) is 11.3. The van der Waals surface area contributed by atoms with Crippen LogP contribution in [0.15, 0.2) is 36.7 Å². The molecule has 3 nitrogen and oxygen atoms in total. The van der Waals surface area contributed by atoms with Crippen molar-refractivity contribution in [3.8, 4) is 5.75 Å². The molecule has 0 atom stereocenters. The fourth-order valence-corrected chi connectivity index (χ4v) is 1.97. The van der Waals surface area contributed by atoms with E-state index in [2.05, 4.69) is 4.98 Å². The van der Waals surface area contributed by atoms with Gasteiger partial charge < -0.3 is 4.74 Å². The van der Waals surface area contributed by atoms with Gasteiger partial charge in [0.1, 0.15) is 5.75 Å². The Labute approximate surface area is 119 Å². The number of hydrogen-bond acceptors (Lipinski definition) is 3. The Morgan fingerprint density at radius 2 is 1.90 bits per heavy atom. The third-order valence-electron chi connectivity index (χ3n) is 3.05. The second kappa shape index (κ2) is 5.55. The molecule has 21 heavy (non-hydrogen) atoms. The van der Waals surface area contributed by atoms with E-state index in [1.807, 2.05) is 0 Å². The van der Waals surface area contributed by atoms with Crippen molar-refractivity contribution in [1.29, 1.82) is 0 Å². The molecule has 0 saturated heterocycles. The van der Waals surface area contributed by atoms with Crippen LogP contribution in [-0.4, -0.2) is 17.9 Å². The van der Waals surface area contributed by atoms with Crippen LogP contribution in [0.2, 0.25) is 0 Å². The van der Waals surface area contributed by atoms with Gasteiger partial charge in [-0.25, -0.2) is 0 Å². The van der Waals surface area contributed by atoms with Crippen LogP contribution in [0.5, 0.6) is 5.75 Å². The monoisotopic (exact) mass is 295 g/mol. The summed E-state index contributed by atoms with van der Waals surface area (Å²) < 4.78 is 42.9. The van der Waals surface area contributed by atoms with Crippen LogP contribution in [0.25, 0.3) is 0 Å². The lowest BCUT2D eigenvalue weighted by atomic mass is 9.97. The number of alkyl halides is 3. The van der Waals surface area contributed by atoms with Gasteiger partial charge >= 0.3 is 6.18 Å². The molecule has 0 fully saturated rings. The Balaban J connectivity index is 2.45. The molecule has 2 rings (SSSR count). The molecule has 1 aromatic heterocycles. The Kier molecular flexibility index (Phi) is 3.97. The molecule has 2 aromatic rings. The van der Waals surface area contributed by atoms with E-state index in [0.717, 1.165) is 12.1 Å². The van der Waals surface area contributed by atoms with Crippen LogP contribution in [0, 0.1) is 6.92 Å². The van der Waals surface area contributed by atoms with Crippen LogP contribution in [0.4, 0.5) is 13.2 Å². The smallest absolute Gasteiger partial charge is 0.416 e. The first-order chi connectivity index (χ1) is 9.84. The van der Waals surface area contributed by atoms with Gasteiger partial charge in [0.2, 0.25) is 0 Å². The van der Waals surface area contributed by atoms with Gasteiger partial charge in [-0.05, 0) is 30.7 Å². The van der Waals surface area contributed by atoms with Crippen molar-refractivity contribution in [2.24, 2.45) is 0 Å². The number of hydrogen-bond donors (Lipinski definition) is 0. The number of pyridine rings is 1. The van der Waals surface area contributed by atoms with E-state index in [0.29, 0.717) is 0 Å². The molecule has 1 heterocycles. The Hall–Kier alpha value is -2.37. The van der Waals surface area contributed by atoms with E-state index in [4.69, 9.17) is 4.74 Å². The molecule has 0 aliphatic rings. The quantitative estimate of drug-likeness (QED) is 0.811. The highest BCUT2D eigenvalue weighted by Crippen LogP contribution is 2.31. The predicted octanol–water partition coefficient (Wildman–Crippen LogP) is 3.65. The van der Waals surface area contributed by atoms with E-state index in [-0.39, 0.29) is 22.4 Å². The number of ketones is 1. The molecule has 0 unspecified atom stereocenters. The van der Waals surface area contributed by atoms with Gasteiger partial charge in [-0.2, -0.15) is 13.2 Å². The average molecular weight is 295 g/mol. The zero-order valence-electron chi connectivity index (χ0n) is 11.4. The molecule has 0 radical (unpaired) electrons. The molecular formula is C15H12F3NO2. The minimum atomic E-state index is -4.43. The Morgan fingerprint density at radius 3 is 2.48 bits per heavy atom. The van der Waals surface area contributed by atoms with E-state index >= 15 is 0 Å². The van der Waals surface area contributed by atoms with Crippen molar-refractivity contribution in [3.05, 3.63) is 58.9 Å². The first kappa shape index (κ1) is 15.0. The largest absolute Gasteiger partial charge is 0.494 e. The highest BCUT2D eigenvalue weighted by Gasteiger charge is 2.31. The van der Waals surface area contributed by atoms with Gasteiger partial charge in [-0.15, -0.1) is 0 Å². The maximum Gasteiger partial charge on any atom is 0.416 e. The summed E-state index contributed by atoms with van der Waals surface area (Å²) in [6.07, 6.45) is -1.62. The SMILES string of the molecule is COc1cnccc1C(=O)c1ccc(C(F)(F)F)cc1C. The topological polar surface area (TPSA) is 39.2 Å². The number of aromatic nitrogens is 1. The van der Waals surface area contributed by atoms with Crippen molar-refractivity contribution in [2.45, 2.75) is 13.1 Å². The number of benzene rings is 1. The summed E-state index contributed by atoms with van der Waals surface area (Å²) in [7, 11) is 1.40. The fourth-order valence-electron chi connectivity index (χ4n) is 1.97. The molecule has 0 bridgehead atoms. The summed E-state index contributed by atoms with van der Waals surface area (Å²) in [5.41, 5.74) is -0.0604. The maximum absolute atomic E-state index is 12.6. The van der Waals surface area contributed by atoms with Crippen molar-refractivity contribution >= 4 is 5.78 Å². The van der Waals surface area contributed by atoms with Gasteiger partial charge in [0.05, 0.1) is 24.4 Å². The number of carbonyl (C=O) groups is 1. The molecule has 0 amide bonds. The number of nitrogens with zero attached hydrogens (tertiary/aromatic N) is 1. The first-order valence-electron chi connectivity index (χ1n) is 6.05. The number of halogens is 3. The van der Waals surface area contributed by atoms with E-state index in [9.17, 15) is 18.0 Å². The van der Waals surface area contributed by atoms with E-state index < -0.39 is 17.5 Å². The molecular weight excluding hydrogens is 283 g/mol. The number of methoxy groups -OCH3 is 1. The van der Waals surface area contributed by atoms with Crippen LogP contribution in [0.1, 0.15) is 27.0 Å². The van der Waals surface area contributed by atoms with Crippen molar-refractivity contribution in [1.82, 2.24) is 4.98 Å². The summed E-state index contributed by atoms with van der Waals surface area (Å²) in [6.45, 7) is 1.47. The second-order valence-corrected chi connectivity index (χ2v) is 4.43. The number of rotatable bonds is 3. The lowest BCUT2D eigenvalue weighted by Gasteiger charge is -2.11. The third-order valence-corrected chi connectivity index (χ3v) is 3.05. The summed E-state index contributed by atoms with van der Waals surface area (Å²) in [4.78, 5) is 16.3. The van der Waals surface area contributed by atoms with Crippen molar-refractivity contribution < 1.29 is 22.7 Å². The number of aryl methyl sites for hydroxylation is 1. The zero-order valence-corrected chi connectivity index (χ0v) is 11.4. The molecule has 110 valence electrons. The van der Waals surface area contributed by atoms with Crippen molar-refractivity contribution in [2.75, 3.05) is 7.11 Å². The average Bonchev–Trinajstić information content (AvgIpc) is 2.45. The molecule has 0 N–H and O–H groups in total. The van der Waals surface area contributed by atoms with Crippen LogP contribution in [0.3, 0.4) is 0 Å². The van der Waals surface area contributed by atoms with Crippen LogP contribution < -0.4 is 4.74 Å². The van der Waals surface area contributed by atoms with Gasteiger partial charge in [0.25, 0.3) is 0 Å². The molecule has 6 heteroatoms. The summed E-state index contributed by atoms with van der Waals surface area (Å²) >= 11 is 0. The number of ether oxygens (including phenoxy) is 1. The summed E-state index contributed by atoms with van der Waals surface area (Å²) in [5, 5.41) is 0. The highest BCUT2D eigenvalue weighted by atomic mass is 19.4. The standard InChI is InChI=1S/C15H12F3NO2/c1-9-7-10(15(16,17)18)3-4-11(9)14(20)12-5-6-19-8-13(12)21-2/h3-8H,1-2H3. The third kappa shape index (κ3) is 3.04. The Morgan fingerprint density at radius 1 is 1.19 bits per heavy atom. The van der Waals surface area contributed by atoms with Crippen LogP contribution in [-0.2, 0) is 6.18 Å². The fraction of sp³-hybridized carbons (Fsp3) is 0.200. The molecule has 0 aliphatic carbocycles. The van der Waals surface area contributed by atoms with E-state index in [1.165, 1.54) is 38.6 Å². The Bertz CT molecular complexity index is 681. The first-order valence-corrected chi connectivity index (χ1v) is 6.05. The summed E-state index contributed by atoms with van der Waals surface area (Å²) in [5.74, 6) is -0.123. The van der Waals surface area contributed by atoms with Gasteiger partial charge in [-0.1, -0.05) is 6.07 Å². The lowest BCUT2D eigenvalue weighted by Crippen LogP contribution is -2.09. The molecule has 0 aliphatic heterocycles. The molecule has 0 spiro atoms. The number of carbonyl (C=O) groups excluding carboxylic acids is 1. The van der Waals surface area contributed by atoms with Gasteiger partial charge in [0, 0.05) is 11.8 Å². The predicted molar refractivity (Wildman–Crippen MR) is 70.4 cm³/mol.